The van der Waals surface area contributed by atoms with Crippen LogP contribution in [0.4, 0.5) is 0 Å². The van der Waals surface area contributed by atoms with Crippen molar-refractivity contribution in [3.63, 3.8) is 0 Å². The fourth-order valence-electron chi connectivity index (χ4n) is 5.48. The lowest BCUT2D eigenvalue weighted by molar-refractivity contribution is -0.167. The second-order valence-corrected chi connectivity index (χ2v) is 14.1. The van der Waals surface area contributed by atoms with Gasteiger partial charge in [0.1, 0.15) is 13.2 Å². The lowest BCUT2D eigenvalue weighted by Gasteiger charge is -2.18. The molecule has 0 N–H and O–H groups in total. The summed E-state index contributed by atoms with van der Waals surface area (Å²) in [5.74, 6) is -1.03. The maximum atomic E-state index is 12.7. The molecule has 0 aliphatic heterocycles. The Bertz CT molecular complexity index is 1210. The van der Waals surface area contributed by atoms with Crippen molar-refractivity contribution < 1.29 is 28.6 Å². The van der Waals surface area contributed by atoms with Crippen molar-refractivity contribution in [2.45, 2.75) is 175 Å². The van der Waals surface area contributed by atoms with Crippen LogP contribution in [0.2, 0.25) is 0 Å². The van der Waals surface area contributed by atoms with Gasteiger partial charge in [0, 0.05) is 19.3 Å². The average Bonchev–Trinajstić information content (AvgIpc) is 3.19. The number of hydrogen-bond acceptors (Lipinski definition) is 6. The van der Waals surface area contributed by atoms with E-state index in [0.29, 0.717) is 19.3 Å². The SMILES string of the molecule is CC\C=C/C=C\C=C/C=C\C=C/CCCC(=O)OC(COC(=O)CCCCCCC\C=C/C=C\C=C/C=C\CC)COC(=O)CCCCCCCCCCCC. The van der Waals surface area contributed by atoms with Gasteiger partial charge in [-0.25, -0.2) is 0 Å². The fraction of sp³-hybridized carbons (Fsp3) is 0.580. The number of ether oxygens (including phenoxy) is 3. The number of unbranched alkanes of at least 4 members (excludes halogenated alkanes) is 15. The van der Waals surface area contributed by atoms with E-state index in [1.165, 1.54) is 44.9 Å². The van der Waals surface area contributed by atoms with Gasteiger partial charge in [0.15, 0.2) is 6.10 Å². The van der Waals surface area contributed by atoms with E-state index in [2.05, 4.69) is 51.2 Å². The van der Waals surface area contributed by atoms with E-state index >= 15 is 0 Å². The van der Waals surface area contributed by atoms with Gasteiger partial charge >= 0.3 is 17.9 Å². The van der Waals surface area contributed by atoms with Gasteiger partial charge in [-0.1, -0.05) is 207 Å². The van der Waals surface area contributed by atoms with Crippen LogP contribution in [0.3, 0.4) is 0 Å². The van der Waals surface area contributed by atoms with Gasteiger partial charge in [-0.2, -0.15) is 0 Å². The Morgan fingerprint density at radius 1 is 0.375 bits per heavy atom. The van der Waals surface area contributed by atoms with Crippen LogP contribution < -0.4 is 0 Å². The van der Waals surface area contributed by atoms with Gasteiger partial charge in [0.2, 0.25) is 0 Å². The summed E-state index contributed by atoms with van der Waals surface area (Å²) in [7, 11) is 0. The monoisotopic (exact) mass is 775 g/mol. The highest BCUT2D eigenvalue weighted by atomic mass is 16.6. The molecule has 314 valence electrons. The van der Waals surface area contributed by atoms with Crippen LogP contribution in [0.15, 0.2) is 109 Å². The smallest absolute Gasteiger partial charge is 0.306 e. The standard InChI is InChI=1S/C50H78O6/c1-4-7-10-13-16-19-22-24-25-27-28-31-34-37-40-43-49(52)55-46-47(45-54-48(51)42-39-36-33-30-21-18-15-12-9-6-3)56-50(53)44-41-38-35-32-29-26-23-20-17-14-11-8-5-2/h7-8,10-11,13-14,16-17,19-20,22-26,29,32,35,47H,4-6,9,12,15,18,21,27-28,30-31,33-34,36-46H2,1-3H3/b10-7-,11-8-,16-13-,17-14-,22-19-,23-20-,25-24-,29-26-,35-32-. The maximum absolute atomic E-state index is 12.7. The van der Waals surface area contributed by atoms with E-state index < -0.39 is 12.1 Å². The number of rotatable bonds is 37. The van der Waals surface area contributed by atoms with Crippen LogP contribution in [0.5, 0.6) is 0 Å². The van der Waals surface area contributed by atoms with Crippen molar-refractivity contribution in [3.05, 3.63) is 109 Å². The molecule has 0 aromatic heterocycles. The summed E-state index contributed by atoms with van der Waals surface area (Å²) < 4.78 is 16.6. The molecule has 6 heteroatoms. The molecule has 0 fully saturated rings. The molecule has 1 unspecified atom stereocenters. The zero-order chi connectivity index (χ0) is 40.8. The summed E-state index contributed by atoms with van der Waals surface area (Å²) in [5.41, 5.74) is 0. The van der Waals surface area contributed by atoms with Crippen molar-refractivity contribution in [1.29, 1.82) is 0 Å². The van der Waals surface area contributed by atoms with Crippen molar-refractivity contribution in [3.8, 4) is 0 Å². The van der Waals surface area contributed by atoms with Crippen molar-refractivity contribution in [2.24, 2.45) is 0 Å². The third-order valence-electron chi connectivity index (χ3n) is 8.75. The van der Waals surface area contributed by atoms with Gasteiger partial charge in [-0.3, -0.25) is 14.4 Å². The largest absolute Gasteiger partial charge is 0.462 e. The zero-order valence-corrected chi connectivity index (χ0v) is 35.6. The quantitative estimate of drug-likeness (QED) is 0.0271. The number of carbonyl (C=O) groups excluding carboxylic acids is 3. The molecule has 1 atom stereocenters. The molecule has 0 rings (SSSR count). The summed E-state index contributed by atoms with van der Waals surface area (Å²) >= 11 is 0. The van der Waals surface area contributed by atoms with E-state index in [1.54, 1.807) is 0 Å². The summed E-state index contributed by atoms with van der Waals surface area (Å²) in [6.45, 7) is 6.22. The van der Waals surface area contributed by atoms with Gasteiger partial charge in [-0.15, -0.1) is 0 Å². The van der Waals surface area contributed by atoms with Gasteiger partial charge in [0.05, 0.1) is 0 Å². The Kier molecular flexibility index (Phi) is 40.7. The maximum Gasteiger partial charge on any atom is 0.306 e. The highest BCUT2D eigenvalue weighted by Gasteiger charge is 2.19. The Labute approximate surface area is 342 Å². The van der Waals surface area contributed by atoms with E-state index in [4.69, 9.17) is 14.2 Å². The molecular formula is C50H78O6. The topological polar surface area (TPSA) is 78.9 Å². The molecule has 0 spiro atoms. The molecule has 0 heterocycles. The normalized spacial score (nSPS) is 13.1. The molecule has 0 radical (unpaired) electrons. The van der Waals surface area contributed by atoms with Crippen molar-refractivity contribution in [2.75, 3.05) is 13.2 Å². The van der Waals surface area contributed by atoms with E-state index in [-0.39, 0.29) is 31.6 Å². The molecule has 0 saturated heterocycles. The molecule has 0 aromatic carbocycles. The first kappa shape index (κ1) is 52.1. The van der Waals surface area contributed by atoms with E-state index in [1.807, 2.05) is 79.0 Å². The van der Waals surface area contributed by atoms with Gasteiger partial charge < -0.3 is 14.2 Å². The van der Waals surface area contributed by atoms with E-state index in [9.17, 15) is 14.4 Å². The first-order valence-electron chi connectivity index (χ1n) is 22.0. The molecule has 0 aromatic rings. The molecule has 0 aliphatic rings. The van der Waals surface area contributed by atoms with Crippen LogP contribution in [0.25, 0.3) is 0 Å². The minimum atomic E-state index is -0.822. The van der Waals surface area contributed by atoms with Crippen LogP contribution in [-0.4, -0.2) is 37.2 Å². The molecule has 0 saturated carbocycles. The summed E-state index contributed by atoms with van der Waals surface area (Å²) in [5, 5.41) is 0. The molecule has 56 heavy (non-hydrogen) atoms. The Morgan fingerprint density at radius 3 is 1.14 bits per heavy atom. The van der Waals surface area contributed by atoms with Crippen LogP contribution in [0.1, 0.15) is 168 Å². The first-order valence-corrected chi connectivity index (χ1v) is 22.0. The lowest BCUT2D eigenvalue weighted by atomic mass is 10.1. The summed E-state index contributed by atoms with van der Waals surface area (Å²) in [6, 6.07) is 0. The predicted molar refractivity (Wildman–Crippen MR) is 237 cm³/mol. The third kappa shape index (κ3) is 41.2. The third-order valence-corrected chi connectivity index (χ3v) is 8.75. The first-order chi connectivity index (χ1) is 27.5. The fourth-order valence-corrected chi connectivity index (χ4v) is 5.48. The highest BCUT2D eigenvalue weighted by Crippen LogP contribution is 2.13. The molecular weight excluding hydrogens is 697 g/mol. The van der Waals surface area contributed by atoms with Crippen LogP contribution in [-0.2, 0) is 28.6 Å². The lowest BCUT2D eigenvalue weighted by Crippen LogP contribution is -2.30. The average molecular weight is 775 g/mol. The van der Waals surface area contributed by atoms with Crippen molar-refractivity contribution >= 4 is 17.9 Å². The number of hydrogen-bond donors (Lipinski definition) is 0. The second-order valence-electron chi connectivity index (χ2n) is 14.1. The minimum Gasteiger partial charge on any atom is -0.462 e. The molecule has 0 amide bonds. The number of carbonyl (C=O) groups is 3. The van der Waals surface area contributed by atoms with Crippen molar-refractivity contribution in [1.82, 2.24) is 0 Å². The molecule has 6 nitrogen and oxygen atoms in total. The van der Waals surface area contributed by atoms with Gasteiger partial charge in [-0.05, 0) is 51.4 Å². The molecule has 0 aliphatic carbocycles. The van der Waals surface area contributed by atoms with Gasteiger partial charge in [0.25, 0.3) is 0 Å². The summed E-state index contributed by atoms with van der Waals surface area (Å²) in [6.07, 6.45) is 57.9. The predicted octanol–water partition coefficient (Wildman–Crippen LogP) is 14.0. The van der Waals surface area contributed by atoms with Crippen LogP contribution >= 0.6 is 0 Å². The minimum absolute atomic E-state index is 0.116. The molecule has 0 bridgehead atoms. The Hall–Kier alpha value is -3.93. The summed E-state index contributed by atoms with van der Waals surface area (Å²) in [4.78, 5) is 37.7. The number of esters is 3. The second kappa shape index (κ2) is 43.8. The Morgan fingerprint density at radius 2 is 0.714 bits per heavy atom. The van der Waals surface area contributed by atoms with Crippen LogP contribution in [0, 0.1) is 0 Å². The Balaban J connectivity index is 4.56. The zero-order valence-electron chi connectivity index (χ0n) is 35.6. The number of allylic oxidation sites excluding steroid dienone is 18. The van der Waals surface area contributed by atoms with E-state index in [0.717, 1.165) is 77.0 Å². The highest BCUT2D eigenvalue weighted by molar-refractivity contribution is 5.71.